The number of carbonyl (C=O) groups is 2. The number of nitrogens with zero attached hydrogens (tertiary/aromatic N) is 2. The van der Waals surface area contributed by atoms with Crippen LogP contribution in [0.5, 0.6) is 11.5 Å². The Balaban J connectivity index is 1.51. The summed E-state index contributed by atoms with van der Waals surface area (Å²) in [6.07, 6.45) is 0.626. The first-order chi connectivity index (χ1) is 19.4. The van der Waals surface area contributed by atoms with Crippen molar-refractivity contribution >= 4 is 17.8 Å². The van der Waals surface area contributed by atoms with Crippen molar-refractivity contribution in [3.8, 4) is 11.5 Å². The second kappa shape index (κ2) is 10.3. The zero-order chi connectivity index (χ0) is 29.7. The minimum Gasteiger partial charge on any atom is -0.485 e. The fraction of sp³-hybridized carbons (Fsp3) is 0.516. The van der Waals surface area contributed by atoms with E-state index in [2.05, 4.69) is 5.32 Å². The van der Waals surface area contributed by atoms with Crippen LogP contribution in [0.15, 0.2) is 47.5 Å². The Labute approximate surface area is 240 Å². The van der Waals surface area contributed by atoms with Crippen molar-refractivity contribution in [1.82, 2.24) is 10.2 Å². The number of methoxy groups -OCH3 is 1. The van der Waals surface area contributed by atoms with Gasteiger partial charge in [-0.2, -0.15) is 0 Å². The summed E-state index contributed by atoms with van der Waals surface area (Å²) >= 11 is 0. The molecule has 2 aromatic carbocycles. The monoisotopic (exact) mass is 564 g/mol. The highest BCUT2D eigenvalue weighted by atomic mass is 16.5. The largest absolute Gasteiger partial charge is 0.485 e. The van der Waals surface area contributed by atoms with Crippen LogP contribution < -0.4 is 20.5 Å². The molecule has 2 amide bonds. The third-order valence-electron chi connectivity index (χ3n) is 8.78. The van der Waals surface area contributed by atoms with Crippen molar-refractivity contribution in [2.75, 3.05) is 13.7 Å². The number of hydrogen-bond donors (Lipinski definition) is 3. The van der Waals surface area contributed by atoms with E-state index in [0.717, 1.165) is 0 Å². The summed E-state index contributed by atoms with van der Waals surface area (Å²) in [6.45, 7) is 9.62. The van der Waals surface area contributed by atoms with Gasteiger partial charge in [-0.25, -0.2) is 4.99 Å². The van der Waals surface area contributed by atoms with Gasteiger partial charge in [-0.1, -0.05) is 32.0 Å². The number of nitrogens with one attached hydrogen (secondary N) is 1. The first-order valence-electron chi connectivity index (χ1n) is 14.1. The van der Waals surface area contributed by atoms with Crippen LogP contribution >= 0.6 is 0 Å². The van der Waals surface area contributed by atoms with Crippen LogP contribution in [0.3, 0.4) is 0 Å². The number of aliphatic imine (C=N–C) groups is 1. The van der Waals surface area contributed by atoms with E-state index < -0.39 is 34.9 Å². The van der Waals surface area contributed by atoms with Gasteiger partial charge in [-0.3, -0.25) is 14.5 Å². The molecule has 5 rings (SSSR count). The van der Waals surface area contributed by atoms with E-state index in [9.17, 15) is 14.7 Å². The lowest BCUT2D eigenvalue weighted by atomic mass is 9.85. The number of nitrogens with two attached hydrogens (primary N) is 1. The number of ether oxygens (including phenoxy) is 3. The molecule has 0 saturated carbocycles. The second-order valence-corrected chi connectivity index (χ2v) is 12.0. The number of rotatable bonds is 7. The van der Waals surface area contributed by atoms with Crippen molar-refractivity contribution < 1.29 is 28.9 Å². The van der Waals surface area contributed by atoms with Crippen LogP contribution in [0.4, 0.5) is 0 Å². The molecular formula is C31H40N4O6. The van der Waals surface area contributed by atoms with Gasteiger partial charge in [0, 0.05) is 23.8 Å². The lowest BCUT2D eigenvalue weighted by Gasteiger charge is -2.43. The van der Waals surface area contributed by atoms with Gasteiger partial charge >= 0.3 is 0 Å². The molecule has 0 unspecified atom stereocenters. The van der Waals surface area contributed by atoms with Crippen LogP contribution in [0.1, 0.15) is 87.4 Å². The third-order valence-corrected chi connectivity index (χ3v) is 8.78. The second-order valence-electron chi connectivity index (χ2n) is 12.0. The normalized spacial score (nSPS) is 27.7. The maximum atomic E-state index is 13.7. The van der Waals surface area contributed by atoms with Gasteiger partial charge in [-0.15, -0.1) is 0 Å². The minimum atomic E-state index is -0.990. The Bertz CT molecular complexity index is 1390. The molecule has 0 aliphatic carbocycles. The number of fused-ring (bicyclic) bond motifs is 2. The van der Waals surface area contributed by atoms with Gasteiger partial charge in [0.2, 0.25) is 5.91 Å². The standard InChI is InChI=1S/C31H40N4O6/c1-7-31(8-2)16-23(36)35(28(32)34-31)25-20-15-18(13-14-22(20)41-30(25,5)17-39-6)27(38)33-24-19-11-9-10-12-21(19)40-29(3,4)26(24)37/h9-15,24-26,37H,7-8,16-17H2,1-6H3,(H2,32,34)(H,33,38)/t24-,25+,26+,30-/m1/s1. The van der Waals surface area contributed by atoms with Crippen molar-refractivity contribution in [2.24, 2.45) is 10.7 Å². The molecule has 3 aliphatic heterocycles. The first-order valence-corrected chi connectivity index (χ1v) is 14.1. The van der Waals surface area contributed by atoms with Crippen molar-refractivity contribution in [1.29, 1.82) is 0 Å². The summed E-state index contributed by atoms with van der Waals surface area (Å²) in [5.41, 5.74) is 5.76. The summed E-state index contributed by atoms with van der Waals surface area (Å²) in [4.78, 5) is 33.6. The van der Waals surface area contributed by atoms with E-state index in [0.29, 0.717) is 41.0 Å². The number of benzene rings is 2. The van der Waals surface area contributed by atoms with Crippen LogP contribution in [-0.2, 0) is 9.53 Å². The average molecular weight is 565 g/mol. The molecule has 4 atom stereocenters. The molecule has 0 bridgehead atoms. The van der Waals surface area contributed by atoms with E-state index >= 15 is 0 Å². The number of amides is 2. The Morgan fingerprint density at radius 1 is 1.12 bits per heavy atom. The predicted molar refractivity (Wildman–Crippen MR) is 154 cm³/mol. The summed E-state index contributed by atoms with van der Waals surface area (Å²) < 4.78 is 17.9. The van der Waals surface area contributed by atoms with Gasteiger partial charge < -0.3 is 30.4 Å². The minimum absolute atomic E-state index is 0.132. The zero-order valence-corrected chi connectivity index (χ0v) is 24.6. The molecule has 0 saturated heterocycles. The zero-order valence-electron chi connectivity index (χ0n) is 24.6. The number of guanidine groups is 1. The van der Waals surface area contributed by atoms with Crippen LogP contribution in [0, 0.1) is 0 Å². The van der Waals surface area contributed by atoms with Gasteiger partial charge in [0.05, 0.1) is 24.6 Å². The smallest absolute Gasteiger partial charge is 0.251 e. The van der Waals surface area contributed by atoms with Crippen LogP contribution in [0.2, 0.25) is 0 Å². The lowest BCUT2D eigenvalue weighted by Crippen LogP contribution is -2.58. The molecule has 0 radical (unpaired) electrons. The van der Waals surface area contributed by atoms with E-state index in [4.69, 9.17) is 24.9 Å². The molecule has 0 fully saturated rings. The Kier molecular flexibility index (Phi) is 7.28. The average Bonchev–Trinajstić information content (AvgIpc) is 3.21. The van der Waals surface area contributed by atoms with E-state index in [1.807, 2.05) is 45.0 Å². The molecule has 3 heterocycles. The number of carbonyl (C=O) groups excluding carboxylic acids is 2. The number of aliphatic hydroxyl groups excluding tert-OH is 1. The van der Waals surface area contributed by atoms with Gasteiger partial charge in [0.25, 0.3) is 5.91 Å². The number of para-hydroxylation sites is 1. The molecule has 41 heavy (non-hydrogen) atoms. The number of hydrogen-bond acceptors (Lipinski definition) is 8. The molecule has 0 aromatic heterocycles. The van der Waals surface area contributed by atoms with E-state index in [1.54, 1.807) is 39.2 Å². The molecule has 10 heteroatoms. The van der Waals surface area contributed by atoms with Gasteiger partial charge in [-0.05, 0) is 57.9 Å². The van der Waals surface area contributed by atoms with E-state index in [-0.39, 0.29) is 30.8 Å². The predicted octanol–water partition coefficient (Wildman–Crippen LogP) is 3.63. The van der Waals surface area contributed by atoms with Crippen molar-refractivity contribution in [2.45, 2.75) is 88.8 Å². The van der Waals surface area contributed by atoms with Gasteiger partial charge in [0.15, 0.2) is 11.6 Å². The summed E-state index contributed by atoms with van der Waals surface area (Å²) in [5, 5.41) is 14.1. The highest BCUT2D eigenvalue weighted by molar-refractivity contribution is 6.00. The highest BCUT2D eigenvalue weighted by Gasteiger charge is 2.53. The maximum absolute atomic E-state index is 13.7. The molecule has 2 aromatic rings. The molecular weight excluding hydrogens is 524 g/mol. The fourth-order valence-electron chi connectivity index (χ4n) is 6.33. The van der Waals surface area contributed by atoms with Gasteiger partial charge in [0.1, 0.15) is 29.2 Å². The summed E-state index contributed by atoms with van der Waals surface area (Å²) in [7, 11) is 1.57. The van der Waals surface area contributed by atoms with Crippen LogP contribution in [0.25, 0.3) is 0 Å². The first kappa shape index (κ1) is 28.9. The summed E-state index contributed by atoms with van der Waals surface area (Å²) in [5.74, 6) is 0.745. The van der Waals surface area contributed by atoms with E-state index in [1.165, 1.54) is 4.90 Å². The molecule has 220 valence electrons. The SMILES string of the molecule is CCC1(CC)CC(=O)N([C@H]2c3cc(C(=O)N[C@@H]4c5ccccc5OC(C)(C)[C@H]4O)ccc3O[C@]2(C)COC)C(N)=N1. The highest BCUT2D eigenvalue weighted by Crippen LogP contribution is 2.49. The molecule has 3 aliphatic rings. The Morgan fingerprint density at radius 3 is 2.46 bits per heavy atom. The Morgan fingerprint density at radius 2 is 1.80 bits per heavy atom. The van der Waals surface area contributed by atoms with Crippen molar-refractivity contribution in [3.63, 3.8) is 0 Å². The molecule has 10 nitrogen and oxygen atoms in total. The maximum Gasteiger partial charge on any atom is 0.251 e. The topological polar surface area (TPSA) is 136 Å². The molecule has 0 spiro atoms. The van der Waals surface area contributed by atoms with Crippen molar-refractivity contribution in [3.05, 3.63) is 59.2 Å². The quantitative estimate of drug-likeness (QED) is 0.467. The number of aliphatic hydroxyl groups is 1. The summed E-state index contributed by atoms with van der Waals surface area (Å²) in [6, 6.07) is 11.1. The molecule has 4 N–H and O–H groups in total. The Hall–Kier alpha value is -3.63. The third kappa shape index (κ3) is 4.82. The lowest BCUT2D eigenvalue weighted by molar-refractivity contribution is -0.135. The fourth-order valence-corrected chi connectivity index (χ4v) is 6.33. The van der Waals surface area contributed by atoms with Crippen LogP contribution in [-0.4, -0.2) is 64.3 Å².